The number of carbonyl (C=O) groups is 1. The van der Waals surface area contributed by atoms with Crippen molar-refractivity contribution >= 4 is 17.3 Å². The SMILES string of the molecule is COCCCCC(c1cccc(C)c1-c1cnc2ccccc2c1)C1CCCN(C=O)C1. The third-order valence-electron chi connectivity index (χ3n) is 6.90. The van der Waals surface area contributed by atoms with Gasteiger partial charge in [-0.1, -0.05) is 42.8 Å². The Labute approximate surface area is 191 Å². The van der Waals surface area contributed by atoms with Crippen LogP contribution in [0.4, 0.5) is 0 Å². The molecule has 32 heavy (non-hydrogen) atoms. The number of ether oxygens (including phenoxy) is 1. The van der Waals surface area contributed by atoms with Crippen molar-refractivity contribution in [3.05, 3.63) is 65.9 Å². The molecule has 0 saturated carbocycles. The van der Waals surface area contributed by atoms with Gasteiger partial charge in [-0.15, -0.1) is 0 Å². The number of methoxy groups -OCH3 is 1. The summed E-state index contributed by atoms with van der Waals surface area (Å²) in [6.45, 7) is 4.73. The smallest absolute Gasteiger partial charge is 0.209 e. The minimum atomic E-state index is 0.413. The number of amides is 1. The molecule has 3 aromatic rings. The zero-order valence-electron chi connectivity index (χ0n) is 19.3. The molecule has 1 saturated heterocycles. The first-order chi connectivity index (χ1) is 15.7. The number of piperidine rings is 1. The molecule has 2 aromatic carbocycles. The Kier molecular flexibility index (Phi) is 7.54. The number of pyridine rings is 1. The van der Waals surface area contributed by atoms with Crippen LogP contribution in [0.5, 0.6) is 0 Å². The molecular weight excluding hydrogens is 396 g/mol. The van der Waals surface area contributed by atoms with Crippen molar-refractivity contribution in [3.8, 4) is 11.1 Å². The van der Waals surface area contributed by atoms with E-state index in [-0.39, 0.29) is 0 Å². The molecule has 1 fully saturated rings. The molecule has 1 aliphatic rings. The highest BCUT2D eigenvalue weighted by molar-refractivity contribution is 5.85. The van der Waals surface area contributed by atoms with Crippen molar-refractivity contribution in [1.82, 2.24) is 9.88 Å². The van der Waals surface area contributed by atoms with E-state index in [1.54, 1.807) is 7.11 Å². The van der Waals surface area contributed by atoms with Crippen LogP contribution < -0.4 is 0 Å². The number of rotatable bonds is 9. The fourth-order valence-corrected chi connectivity index (χ4v) is 5.32. The number of hydrogen-bond acceptors (Lipinski definition) is 3. The number of unbranched alkanes of at least 4 members (excludes halogenated alkanes) is 1. The van der Waals surface area contributed by atoms with Crippen LogP contribution in [-0.2, 0) is 9.53 Å². The van der Waals surface area contributed by atoms with E-state index < -0.39 is 0 Å². The van der Waals surface area contributed by atoms with Gasteiger partial charge in [0.2, 0.25) is 6.41 Å². The van der Waals surface area contributed by atoms with Crippen molar-refractivity contribution in [2.75, 3.05) is 26.8 Å². The minimum absolute atomic E-state index is 0.413. The van der Waals surface area contributed by atoms with Gasteiger partial charge in [-0.3, -0.25) is 9.78 Å². The highest BCUT2D eigenvalue weighted by Gasteiger charge is 2.29. The lowest BCUT2D eigenvalue weighted by Crippen LogP contribution is -2.37. The lowest BCUT2D eigenvalue weighted by atomic mass is 9.75. The summed E-state index contributed by atoms with van der Waals surface area (Å²) < 4.78 is 5.30. The Morgan fingerprint density at radius 1 is 1.19 bits per heavy atom. The van der Waals surface area contributed by atoms with Gasteiger partial charge in [0.25, 0.3) is 0 Å². The molecule has 0 bridgehead atoms. The zero-order valence-corrected chi connectivity index (χ0v) is 19.3. The Morgan fingerprint density at radius 2 is 2.06 bits per heavy atom. The average Bonchev–Trinajstić information content (AvgIpc) is 2.84. The highest BCUT2D eigenvalue weighted by atomic mass is 16.5. The molecule has 4 rings (SSSR count). The summed E-state index contributed by atoms with van der Waals surface area (Å²) in [5.74, 6) is 0.890. The zero-order chi connectivity index (χ0) is 22.3. The monoisotopic (exact) mass is 430 g/mol. The average molecular weight is 431 g/mol. The number of nitrogens with zero attached hydrogens (tertiary/aromatic N) is 2. The first-order valence-corrected chi connectivity index (χ1v) is 11.8. The van der Waals surface area contributed by atoms with Crippen LogP contribution >= 0.6 is 0 Å². The second kappa shape index (κ2) is 10.7. The number of aryl methyl sites for hydroxylation is 1. The van der Waals surface area contributed by atoms with Crippen LogP contribution in [0, 0.1) is 12.8 Å². The number of likely N-dealkylation sites (tertiary alicyclic amines) is 1. The molecule has 1 amide bonds. The largest absolute Gasteiger partial charge is 0.385 e. The predicted molar refractivity (Wildman–Crippen MR) is 131 cm³/mol. The van der Waals surface area contributed by atoms with Crippen LogP contribution in [0.15, 0.2) is 54.7 Å². The normalized spacial score (nSPS) is 17.4. The Morgan fingerprint density at radius 3 is 2.91 bits per heavy atom. The molecule has 2 heterocycles. The summed E-state index contributed by atoms with van der Waals surface area (Å²) in [4.78, 5) is 18.2. The molecular formula is C28H34N2O2. The van der Waals surface area contributed by atoms with Crippen LogP contribution in [0.1, 0.15) is 49.1 Å². The van der Waals surface area contributed by atoms with Crippen molar-refractivity contribution < 1.29 is 9.53 Å². The maximum Gasteiger partial charge on any atom is 0.209 e. The summed E-state index contributed by atoms with van der Waals surface area (Å²) >= 11 is 0. The molecule has 0 aliphatic carbocycles. The number of para-hydroxylation sites is 1. The van der Waals surface area contributed by atoms with E-state index in [1.807, 2.05) is 17.2 Å². The standard InChI is InChI=1S/C28H34N2O2/c1-21-9-7-13-26(28(21)24-17-22-10-3-4-14-27(22)29-18-24)25(12-5-6-16-32-2)23-11-8-15-30(19-23)20-31/h3-4,7,9-10,13-14,17-18,20,23,25H,5-6,8,11-12,15-16,19H2,1-2H3. The maximum absolute atomic E-state index is 11.5. The molecule has 1 aliphatic heterocycles. The third kappa shape index (κ3) is 5.02. The van der Waals surface area contributed by atoms with E-state index in [1.165, 1.54) is 34.1 Å². The van der Waals surface area contributed by atoms with Crippen molar-refractivity contribution in [1.29, 1.82) is 0 Å². The van der Waals surface area contributed by atoms with Crippen LogP contribution in [0.2, 0.25) is 0 Å². The van der Waals surface area contributed by atoms with E-state index in [9.17, 15) is 4.79 Å². The fraction of sp³-hybridized carbons (Fsp3) is 0.429. The summed E-state index contributed by atoms with van der Waals surface area (Å²) in [5.41, 5.74) is 6.20. The lowest BCUT2D eigenvalue weighted by molar-refractivity contribution is -0.119. The Hall–Kier alpha value is -2.72. The molecule has 0 N–H and O–H groups in total. The second-order valence-corrected chi connectivity index (χ2v) is 9.05. The van der Waals surface area contributed by atoms with Crippen molar-refractivity contribution in [2.45, 2.75) is 44.9 Å². The number of aromatic nitrogens is 1. The molecule has 0 radical (unpaired) electrons. The van der Waals surface area contributed by atoms with E-state index in [4.69, 9.17) is 9.72 Å². The number of fused-ring (bicyclic) bond motifs is 1. The Balaban J connectivity index is 1.74. The first-order valence-electron chi connectivity index (χ1n) is 11.8. The van der Waals surface area contributed by atoms with Gasteiger partial charge in [0.05, 0.1) is 5.52 Å². The van der Waals surface area contributed by atoms with Crippen molar-refractivity contribution in [2.24, 2.45) is 5.92 Å². The predicted octanol–water partition coefficient (Wildman–Crippen LogP) is 5.98. The Bertz CT molecular complexity index is 1050. The number of benzene rings is 2. The van der Waals surface area contributed by atoms with Crippen LogP contribution in [0.25, 0.3) is 22.0 Å². The summed E-state index contributed by atoms with van der Waals surface area (Å²) in [7, 11) is 1.77. The van der Waals surface area contributed by atoms with Gasteiger partial charge in [-0.2, -0.15) is 0 Å². The number of carbonyl (C=O) groups excluding carboxylic acids is 1. The van der Waals surface area contributed by atoms with Gasteiger partial charge >= 0.3 is 0 Å². The summed E-state index contributed by atoms with van der Waals surface area (Å²) in [6, 6.07) is 17.3. The molecule has 4 nitrogen and oxygen atoms in total. The van der Waals surface area contributed by atoms with E-state index in [0.717, 1.165) is 57.3 Å². The van der Waals surface area contributed by atoms with Gasteiger partial charge in [-0.05, 0) is 73.3 Å². The maximum atomic E-state index is 11.5. The van der Waals surface area contributed by atoms with Gasteiger partial charge in [0.1, 0.15) is 0 Å². The van der Waals surface area contributed by atoms with Gasteiger partial charge in [-0.25, -0.2) is 0 Å². The number of hydrogen-bond donors (Lipinski definition) is 0. The lowest BCUT2D eigenvalue weighted by Gasteiger charge is -2.36. The third-order valence-corrected chi connectivity index (χ3v) is 6.90. The van der Waals surface area contributed by atoms with E-state index in [2.05, 4.69) is 49.4 Å². The molecule has 1 aromatic heterocycles. The van der Waals surface area contributed by atoms with Crippen LogP contribution in [-0.4, -0.2) is 43.1 Å². The molecule has 0 spiro atoms. The summed E-state index contributed by atoms with van der Waals surface area (Å²) in [6.07, 6.45) is 8.60. The van der Waals surface area contributed by atoms with Gasteiger partial charge in [0.15, 0.2) is 0 Å². The topological polar surface area (TPSA) is 42.4 Å². The fourth-order valence-electron chi connectivity index (χ4n) is 5.32. The molecule has 168 valence electrons. The van der Waals surface area contributed by atoms with Crippen LogP contribution in [0.3, 0.4) is 0 Å². The summed E-state index contributed by atoms with van der Waals surface area (Å²) in [5, 5.41) is 1.17. The van der Waals surface area contributed by atoms with Gasteiger partial charge in [0, 0.05) is 44.0 Å². The molecule has 4 heteroatoms. The quantitative estimate of drug-likeness (QED) is 0.310. The molecule has 2 atom stereocenters. The molecule has 2 unspecified atom stereocenters. The van der Waals surface area contributed by atoms with Gasteiger partial charge < -0.3 is 9.64 Å². The highest BCUT2D eigenvalue weighted by Crippen LogP contribution is 2.41. The second-order valence-electron chi connectivity index (χ2n) is 9.05. The van der Waals surface area contributed by atoms with E-state index in [0.29, 0.717) is 11.8 Å². The van der Waals surface area contributed by atoms with Crippen molar-refractivity contribution in [3.63, 3.8) is 0 Å². The first kappa shape index (κ1) is 22.5. The minimum Gasteiger partial charge on any atom is -0.385 e. The van der Waals surface area contributed by atoms with E-state index >= 15 is 0 Å².